The second-order valence-corrected chi connectivity index (χ2v) is 5.55. The second-order valence-electron chi connectivity index (χ2n) is 5.55. The van der Waals surface area contributed by atoms with E-state index in [4.69, 9.17) is 11.1 Å². The third kappa shape index (κ3) is 19.4. The number of rotatable bonds is 12. The van der Waals surface area contributed by atoms with Crippen LogP contribution in [-0.4, -0.2) is 18.3 Å². The van der Waals surface area contributed by atoms with Gasteiger partial charge in [0, 0.05) is 6.54 Å². The summed E-state index contributed by atoms with van der Waals surface area (Å²) < 4.78 is 0. The van der Waals surface area contributed by atoms with E-state index in [9.17, 15) is 0 Å². The summed E-state index contributed by atoms with van der Waals surface area (Å²) in [5, 5.41) is 9.91. The van der Waals surface area contributed by atoms with Crippen molar-refractivity contribution >= 4 is 11.8 Å². The van der Waals surface area contributed by atoms with Gasteiger partial charge in [-0.25, -0.2) is 0 Å². The molecule has 4 N–H and O–H groups in total. The van der Waals surface area contributed by atoms with Gasteiger partial charge in [0.1, 0.15) is 0 Å². The highest BCUT2D eigenvalue weighted by molar-refractivity contribution is 5.96. The van der Waals surface area contributed by atoms with Crippen molar-refractivity contribution in [3.05, 3.63) is 0 Å². The first-order valence-electron chi connectivity index (χ1n) is 8.29. The van der Waals surface area contributed by atoms with Crippen LogP contribution >= 0.6 is 0 Å². The Morgan fingerprint density at radius 1 is 0.905 bits per heavy atom. The van der Waals surface area contributed by atoms with E-state index in [2.05, 4.69) is 17.2 Å². The fourth-order valence-electron chi connectivity index (χ4n) is 2.21. The first-order valence-corrected chi connectivity index (χ1v) is 8.29. The number of hydrogen-bond donors (Lipinski definition) is 3. The molecule has 21 heavy (non-hydrogen) atoms. The maximum Gasteiger partial charge on any atom is 0.194 e. The Kier molecular flexibility index (Phi) is 18.9. The van der Waals surface area contributed by atoms with Gasteiger partial charge in [-0.05, 0) is 13.3 Å². The molecule has 0 aliphatic rings. The molecule has 0 bridgehead atoms. The Hall–Kier alpha value is -0.580. The molecule has 0 spiro atoms. The fraction of sp³-hybridized carbons (Fsp3) is 0.875. The van der Waals surface area contributed by atoms with Crippen molar-refractivity contribution in [2.24, 2.45) is 10.7 Å². The number of nitrogens with two attached hydrogens (primary N) is 1. The average molecular weight is 362 g/mol. The van der Waals surface area contributed by atoms with Gasteiger partial charge in [-0.1, -0.05) is 71.1 Å². The molecule has 0 fully saturated rings. The summed E-state index contributed by atoms with van der Waals surface area (Å²) in [6.07, 6.45) is 14.7. The first-order chi connectivity index (χ1) is 9.66. The summed E-state index contributed by atoms with van der Waals surface area (Å²) in [6, 6.07) is 0. The molecular formula is C16H34BrN4-. The molecule has 0 heterocycles. The topological polar surface area (TPSA) is 74.3 Å². The Balaban J connectivity index is 0. The van der Waals surface area contributed by atoms with Crippen molar-refractivity contribution in [3.63, 3.8) is 0 Å². The Morgan fingerprint density at radius 3 is 1.76 bits per heavy atom. The maximum absolute atomic E-state index is 7.22. The predicted molar refractivity (Wildman–Crippen MR) is 89.5 cm³/mol. The zero-order chi connectivity index (χ0) is 15.1. The van der Waals surface area contributed by atoms with E-state index in [1.807, 2.05) is 0 Å². The molecular weight excluding hydrogens is 328 g/mol. The molecule has 0 aliphatic carbocycles. The molecule has 0 aromatic heterocycles. The van der Waals surface area contributed by atoms with Crippen LogP contribution in [0.15, 0.2) is 4.99 Å². The van der Waals surface area contributed by atoms with Gasteiger partial charge in [0.25, 0.3) is 0 Å². The van der Waals surface area contributed by atoms with Gasteiger partial charge in [0.05, 0.1) is 5.84 Å². The number of aliphatic imine (C=N–C) groups is 1. The summed E-state index contributed by atoms with van der Waals surface area (Å²) in [5.41, 5.74) is 5.60. The van der Waals surface area contributed by atoms with Crippen LogP contribution < -0.4 is 28.0 Å². The Morgan fingerprint density at radius 2 is 1.33 bits per heavy atom. The minimum Gasteiger partial charge on any atom is -1.00 e. The normalized spacial score (nSPS) is 11.0. The minimum atomic E-state index is 0. The van der Waals surface area contributed by atoms with E-state index in [1.54, 1.807) is 6.92 Å². The van der Waals surface area contributed by atoms with Crippen LogP contribution in [0.25, 0.3) is 0 Å². The molecule has 0 aliphatic heterocycles. The van der Waals surface area contributed by atoms with Crippen LogP contribution in [0.1, 0.15) is 84.5 Å². The van der Waals surface area contributed by atoms with Crippen molar-refractivity contribution in [3.8, 4) is 0 Å². The van der Waals surface area contributed by atoms with Gasteiger partial charge in [0.15, 0.2) is 5.96 Å². The lowest BCUT2D eigenvalue weighted by atomic mass is 10.1. The highest BCUT2D eigenvalue weighted by Crippen LogP contribution is 2.11. The van der Waals surface area contributed by atoms with E-state index < -0.39 is 0 Å². The van der Waals surface area contributed by atoms with Crippen LogP contribution in [0.3, 0.4) is 0 Å². The lowest BCUT2D eigenvalue weighted by Gasteiger charge is -2.03. The molecule has 0 amide bonds. The summed E-state index contributed by atoms with van der Waals surface area (Å²) in [4.78, 5) is 4.18. The highest BCUT2D eigenvalue weighted by atomic mass is 79.9. The number of amidine groups is 1. The number of unbranched alkanes of at least 4 members (excludes halogenated alkanes) is 10. The predicted octanol–water partition coefficient (Wildman–Crippen LogP) is 1.20. The molecule has 0 saturated heterocycles. The van der Waals surface area contributed by atoms with Gasteiger partial charge >= 0.3 is 0 Å². The molecule has 0 atom stereocenters. The van der Waals surface area contributed by atoms with Crippen molar-refractivity contribution < 1.29 is 17.0 Å². The summed E-state index contributed by atoms with van der Waals surface area (Å²) >= 11 is 0. The number of guanidine groups is 1. The average Bonchev–Trinajstić information content (AvgIpc) is 2.39. The van der Waals surface area contributed by atoms with Gasteiger partial charge in [-0.3, -0.25) is 10.4 Å². The van der Waals surface area contributed by atoms with Gasteiger partial charge in [0.2, 0.25) is 0 Å². The first kappa shape index (κ1) is 22.7. The molecule has 0 unspecified atom stereocenters. The van der Waals surface area contributed by atoms with E-state index in [0.717, 1.165) is 13.0 Å². The van der Waals surface area contributed by atoms with E-state index in [-0.39, 0.29) is 17.0 Å². The molecule has 0 rings (SSSR count). The van der Waals surface area contributed by atoms with Crippen molar-refractivity contribution in [1.29, 1.82) is 5.41 Å². The third-order valence-electron chi connectivity index (χ3n) is 3.36. The molecule has 4 nitrogen and oxygen atoms in total. The fourth-order valence-corrected chi connectivity index (χ4v) is 2.21. The standard InChI is InChI=1S/C16H34N4.BrH/c1-3-4-5-6-7-8-9-10-11-12-13-14-19-16(18)20-15(2)17;/h3-14H2,1-2H3,(H4,17,18,19,20);1H/p-1. The minimum absolute atomic E-state index is 0. The molecule has 0 radical (unpaired) electrons. The van der Waals surface area contributed by atoms with Crippen molar-refractivity contribution in [1.82, 2.24) is 5.32 Å². The van der Waals surface area contributed by atoms with Crippen LogP contribution in [0.4, 0.5) is 0 Å². The van der Waals surface area contributed by atoms with Crippen LogP contribution in [0.2, 0.25) is 0 Å². The van der Waals surface area contributed by atoms with Crippen molar-refractivity contribution in [2.45, 2.75) is 84.5 Å². The zero-order valence-corrected chi connectivity index (χ0v) is 15.5. The lowest BCUT2D eigenvalue weighted by molar-refractivity contribution is -0.00000513. The van der Waals surface area contributed by atoms with Crippen molar-refractivity contribution in [2.75, 3.05) is 6.54 Å². The largest absolute Gasteiger partial charge is 1.00 e. The van der Waals surface area contributed by atoms with Gasteiger partial charge < -0.3 is 28.0 Å². The molecule has 0 aromatic carbocycles. The zero-order valence-electron chi connectivity index (χ0n) is 13.9. The summed E-state index contributed by atoms with van der Waals surface area (Å²) in [6.45, 7) is 4.69. The number of nitrogens with one attached hydrogen (secondary N) is 2. The smallest absolute Gasteiger partial charge is 0.194 e. The molecule has 0 saturated carbocycles. The Bertz CT molecular complexity index is 267. The summed E-state index contributed by atoms with van der Waals surface area (Å²) in [7, 11) is 0. The van der Waals surface area contributed by atoms with Crippen LogP contribution in [0, 0.1) is 5.41 Å². The van der Waals surface area contributed by atoms with Gasteiger partial charge in [-0.15, -0.1) is 0 Å². The van der Waals surface area contributed by atoms with Gasteiger partial charge in [-0.2, -0.15) is 0 Å². The number of nitrogens with zero attached hydrogens (tertiary/aromatic N) is 1. The maximum atomic E-state index is 7.22. The Labute approximate surface area is 141 Å². The molecule has 5 heteroatoms. The lowest BCUT2D eigenvalue weighted by Crippen LogP contribution is -3.00. The molecule has 0 aromatic rings. The van der Waals surface area contributed by atoms with E-state index in [0.29, 0.717) is 11.8 Å². The SMILES string of the molecule is CCCCCCCCCCCCCN=C(N)NC(C)=N.[Br-]. The highest BCUT2D eigenvalue weighted by Gasteiger charge is 1.94. The second kappa shape index (κ2) is 17.5. The quantitative estimate of drug-likeness (QED) is 0.277. The van der Waals surface area contributed by atoms with Crippen LogP contribution in [-0.2, 0) is 0 Å². The number of halogens is 1. The van der Waals surface area contributed by atoms with E-state index in [1.165, 1.54) is 64.2 Å². The third-order valence-corrected chi connectivity index (χ3v) is 3.36. The molecule has 126 valence electrons. The monoisotopic (exact) mass is 361 g/mol. The number of hydrogen-bond acceptors (Lipinski definition) is 2. The summed E-state index contributed by atoms with van der Waals surface area (Å²) in [5.74, 6) is 0.703. The van der Waals surface area contributed by atoms with E-state index >= 15 is 0 Å². The van der Waals surface area contributed by atoms with Crippen LogP contribution in [0.5, 0.6) is 0 Å².